The fraction of sp³-hybridized carbons (Fsp3) is 0.467. The molecule has 0 bridgehead atoms. The maximum atomic E-state index is 12.4. The molecule has 118 valence electrons. The van der Waals surface area contributed by atoms with Crippen molar-refractivity contribution < 1.29 is 18.0 Å². The molecule has 1 saturated heterocycles. The number of sulfonamides is 1. The van der Waals surface area contributed by atoms with E-state index < -0.39 is 21.8 Å². The minimum absolute atomic E-state index is 0.00724. The van der Waals surface area contributed by atoms with E-state index in [1.165, 1.54) is 4.31 Å². The average Bonchev–Trinajstić information content (AvgIpc) is 3.02. The first-order valence-corrected chi connectivity index (χ1v) is 8.97. The highest BCUT2D eigenvalue weighted by atomic mass is 32.2. The Morgan fingerprint density at radius 2 is 1.73 bits per heavy atom. The van der Waals surface area contributed by atoms with Crippen LogP contribution < -0.4 is 0 Å². The van der Waals surface area contributed by atoms with Crippen LogP contribution in [0.25, 0.3) is 0 Å². The van der Waals surface area contributed by atoms with Crippen LogP contribution >= 0.6 is 0 Å². The van der Waals surface area contributed by atoms with Crippen molar-refractivity contribution >= 4 is 21.8 Å². The summed E-state index contributed by atoms with van der Waals surface area (Å²) >= 11 is 0. The molecule has 2 aliphatic rings. The van der Waals surface area contributed by atoms with Gasteiger partial charge in [0.05, 0.1) is 16.9 Å². The number of fused-ring (bicyclic) bond motifs is 1. The summed E-state index contributed by atoms with van der Waals surface area (Å²) in [5.41, 5.74) is 0.693. The molecule has 2 amide bonds. The zero-order valence-corrected chi connectivity index (χ0v) is 13.2. The number of hydrogen-bond donors (Lipinski definition) is 0. The van der Waals surface area contributed by atoms with Crippen molar-refractivity contribution in [2.45, 2.75) is 25.8 Å². The molecule has 0 aromatic heterocycles. The monoisotopic (exact) mass is 322 g/mol. The molecule has 1 aromatic rings. The fourth-order valence-corrected chi connectivity index (χ4v) is 4.80. The van der Waals surface area contributed by atoms with Crippen molar-refractivity contribution in [3.05, 3.63) is 35.4 Å². The van der Waals surface area contributed by atoms with Gasteiger partial charge >= 0.3 is 0 Å². The molecule has 6 nitrogen and oxygen atoms in total. The lowest BCUT2D eigenvalue weighted by molar-refractivity contribution is 0.0664. The first-order chi connectivity index (χ1) is 10.4. The number of nitrogens with zero attached hydrogens (tertiary/aromatic N) is 2. The van der Waals surface area contributed by atoms with Crippen LogP contribution in [0.5, 0.6) is 0 Å². The number of hydrogen-bond acceptors (Lipinski definition) is 4. The van der Waals surface area contributed by atoms with Gasteiger partial charge in [0, 0.05) is 19.1 Å². The summed E-state index contributed by atoms with van der Waals surface area (Å²) < 4.78 is 26.2. The second-order valence-corrected chi connectivity index (χ2v) is 7.77. The Balaban J connectivity index is 1.73. The molecule has 0 aliphatic carbocycles. The summed E-state index contributed by atoms with van der Waals surface area (Å²) in [4.78, 5) is 25.4. The first kappa shape index (κ1) is 15.2. The Hall–Kier alpha value is -1.73. The summed E-state index contributed by atoms with van der Waals surface area (Å²) in [5.74, 6) is -1.04. The van der Waals surface area contributed by atoms with Crippen molar-refractivity contribution in [2.24, 2.45) is 0 Å². The van der Waals surface area contributed by atoms with Crippen molar-refractivity contribution in [3.8, 4) is 0 Å². The normalized spacial score (nSPS) is 22.4. The number of carbonyl (C=O) groups is 2. The van der Waals surface area contributed by atoms with Crippen molar-refractivity contribution in [3.63, 3.8) is 0 Å². The number of rotatable bonds is 4. The largest absolute Gasteiger partial charge is 0.273 e. The standard InChI is InChI=1S/C15H18N2O4S/c1-11-5-4-8-17(11)22(20,21)10-9-16-14(18)12-6-2-3-7-13(12)15(16)19/h2-3,6-7,11H,4-5,8-10H2,1H3. The molecule has 0 N–H and O–H groups in total. The third kappa shape index (κ3) is 2.44. The Kier molecular flexibility index (Phi) is 3.78. The predicted octanol–water partition coefficient (Wildman–Crippen LogP) is 1.10. The highest BCUT2D eigenvalue weighted by Crippen LogP contribution is 2.24. The third-order valence-electron chi connectivity index (χ3n) is 4.30. The topological polar surface area (TPSA) is 74.8 Å². The Morgan fingerprint density at radius 1 is 1.14 bits per heavy atom. The van der Waals surface area contributed by atoms with Gasteiger partial charge in [0.25, 0.3) is 11.8 Å². The van der Waals surface area contributed by atoms with Crippen LogP contribution in [0.2, 0.25) is 0 Å². The molecular formula is C15H18N2O4S. The summed E-state index contributed by atoms with van der Waals surface area (Å²) in [6.07, 6.45) is 1.71. The zero-order valence-electron chi connectivity index (χ0n) is 12.4. The lowest BCUT2D eigenvalue weighted by Crippen LogP contribution is -2.41. The van der Waals surface area contributed by atoms with E-state index in [0.29, 0.717) is 17.7 Å². The molecular weight excluding hydrogens is 304 g/mol. The number of carbonyl (C=O) groups excluding carboxylic acids is 2. The van der Waals surface area contributed by atoms with Crippen LogP contribution in [0.3, 0.4) is 0 Å². The first-order valence-electron chi connectivity index (χ1n) is 7.36. The highest BCUT2D eigenvalue weighted by molar-refractivity contribution is 7.89. The third-order valence-corrected chi connectivity index (χ3v) is 6.26. The molecule has 3 rings (SSSR count). The van der Waals surface area contributed by atoms with Gasteiger partial charge in [-0.3, -0.25) is 14.5 Å². The Bertz CT molecular complexity index is 694. The minimum atomic E-state index is -3.44. The summed E-state index contributed by atoms with van der Waals surface area (Å²) in [5, 5.41) is 0. The van der Waals surface area contributed by atoms with Crippen LogP contribution in [0, 0.1) is 0 Å². The van der Waals surface area contributed by atoms with Crippen molar-refractivity contribution in [1.82, 2.24) is 9.21 Å². The SMILES string of the molecule is CC1CCCN1S(=O)(=O)CCN1C(=O)c2ccccc2C1=O. The van der Waals surface area contributed by atoms with Gasteiger partial charge in [0.15, 0.2) is 0 Å². The Labute approximate surface area is 129 Å². The second kappa shape index (κ2) is 5.48. The highest BCUT2D eigenvalue weighted by Gasteiger charge is 2.37. The molecule has 7 heteroatoms. The van der Waals surface area contributed by atoms with E-state index >= 15 is 0 Å². The van der Waals surface area contributed by atoms with Crippen LogP contribution in [-0.2, 0) is 10.0 Å². The summed E-state index contributed by atoms with van der Waals surface area (Å²) in [7, 11) is -3.44. The zero-order chi connectivity index (χ0) is 15.9. The Morgan fingerprint density at radius 3 is 2.23 bits per heavy atom. The van der Waals surface area contributed by atoms with E-state index in [2.05, 4.69) is 0 Å². The van der Waals surface area contributed by atoms with Gasteiger partial charge in [0.1, 0.15) is 0 Å². The molecule has 0 spiro atoms. The second-order valence-electron chi connectivity index (χ2n) is 5.73. The smallest absolute Gasteiger partial charge is 0.261 e. The lowest BCUT2D eigenvalue weighted by atomic mass is 10.1. The molecule has 0 radical (unpaired) electrons. The maximum Gasteiger partial charge on any atom is 0.261 e. The van der Waals surface area contributed by atoms with Crippen LogP contribution in [-0.4, -0.2) is 54.3 Å². The molecule has 1 atom stereocenters. The molecule has 2 heterocycles. The van der Waals surface area contributed by atoms with Crippen molar-refractivity contribution in [1.29, 1.82) is 0 Å². The molecule has 2 aliphatic heterocycles. The minimum Gasteiger partial charge on any atom is -0.273 e. The summed E-state index contributed by atoms with van der Waals surface area (Å²) in [6.45, 7) is 2.30. The van der Waals surface area contributed by atoms with Gasteiger partial charge in [-0.15, -0.1) is 0 Å². The molecule has 1 aromatic carbocycles. The van der Waals surface area contributed by atoms with E-state index in [1.54, 1.807) is 24.3 Å². The maximum absolute atomic E-state index is 12.4. The van der Waals surface area contributed by atoms with Crippen molar-refractivity contribution in [2.75, 3.05) is 18.8 Å². The van der Waals surface area contributed by atoms with Crippen LogP contribution in [0.1, 0.15) is 40.5 Å². The molecule has 22 heavy (non-hydrogen) atoms. The van der Waals surface area contributed by atoms with Gasteiger partial charge in [-0.1, -0.05) is 12.1 Å². The molecule has 1 unspecified atom stereocenters. The molecule has 1 fully saturated rings. The van der Waals surface area contributed by atoms with Gasteiger partial charge in [-0.25, -0.2) is 8.42 Å². The van der Waals surface area contributed by atoms with Crippen LogP contribution in [0.15, 0.2) is 24.3 Å². The summed E-state index contributed by atoms with van der Waals surface area (Å²) in [6, 6.07) is 6.55. The molecule has 0 saturated carbocycles. The number of imide groups is 1. The van der Waals surface area contributed by atoms with E-state index in [1.807, 2.05) is 6.92 Å². The van der Waals surface area contributed by atoms with Gasteiger partial charge in [0.2, 0.25) is 10.0 Å². The van der Waals surface area contributed by atoms with E-state index in [4.69, 9.17) is 0 Å². The lowest BCUT2D eigenvalue weighted by Gasteiger charge is -2.22. The average molecular weight is 322 g/mol. The van der Waals surface area contributed by atoms with Gasteiger partial charge < -0.3 is 0 Å². The number of benzene rings is 1. The number of amides is 2. The quantitative estimate of drug-likeness (QED) is 0.778. The van der Waals surface area contributed by atoms with Gasteiger partial charge in [-0.05, 0) is 31.9 Å². The predicted molar refractivity (Wildman–Crippen MR) is 81.0 cm³/mol. The van der Waals surface area contributed by atoms with E-state index in [-0.39, 0.29) is 18.3 Å². The van der Waals surface area contributed by atoms with E-state index in [0.717, 1.165) is 17.7 Å². The van der Waals surface area contributed by atoms with Gasteiger partial charge in [-0.2, -0.15) is 4.31 Å². The van der Waals surface area contributed by atoms with Crippen LogP contribution in [0.4, 0.5) is 0 Å². The van der Waals surface area contributed by atoms with E-state index in [9.17, 15) is 18.0 Å². The fourth-order valence-electron chi connectivity index (χ4n) is 3.09.